The second-order valence-electron chi connectivity index (χ2n) is 6.35. The van der Waals surface area contributed by atoms with Gasteiger partial charge >= 0.3 is 0 Å². The Morgan fingerprint density at radius 3 is 2.59 bits per heavy atom. The Hall–Kier alpha value is -3.12. The van der Waals surface area contributed by atoms with Gasteiger partial charge in [-0.05, 0) is 55.3 Å². The highest BCUT2D eigenvalue weighted by Gasteiger charge is 2.15. The standard InChI is InChI=1S/C21H22N4O2/c1-2-5-17(6-3-1)27-18-10-8-16(9-11-18)24-20-12-13-22-21(25-20)23-15-19-7-4-14-26-19/h1-3,5-6,8-13,19H,4,7,14-15H2,(H2,22,23,24,25). The normalized spacial score (nSPS) is 16.1. The van der Waals surface area contributed by atoms with E-state index in [0.29, 0.717) is 5.95 Å². The first kappa shape index (κ1) is 17.3. The van der Waals surface area contributed by atoms with Crippen LogP contribution in [-0.2, 0) is 4.74 Å². The van der Waals surface area contributed by atoms with Crippen LogP contribution in [-0.4, -0.2) is 29.2 Å². The van der Waals surface area contributed by atoms with Gasteiger partial charge in [0.1, 0.15) is 17.3 Å². The molecule has 6 nitrogen and oxygen atoms in total. The maximum atomic E-state index is 5.81. The van der Waals surface area contributed by atoms with E-state index in [1.807, 2.05) is 60.7 Å². The van der Waals surface area contributed by atoms with Crippen molar-refractivity contribution in [1.29, 1.82) is 0 Å². The molecule has 138 valence electrons. The third-order valence-electron chi connectivity index (χ3n) is 4.27. The van der Waals surface area contributed by atoms with Crippen molar-refractivity contribution in [2.24, 2.45) is 0 Å². The van der Waals surface area contributed by atoms with Crippen molar-refractivity contribution < 1.29 is 9.47 Å². The van der Waals surface area contributed by atoms with Crippen LogP contribution in [0.3, 0.4) is 0 Å². The van der Waals surface area contributed by atoms with E-state index in [9.17, 15) is 0 Å². The number of ether oxygens (including phenoxy) is 2. The van der Waals surface area contributed by atoms with Crippen LogP contribution in [0, 0.1) is 0 Å². The molecule has 1 fully saturated rings. The van der Waals surface area contributed by atoms with E-state index in [1.165, 1.54) is 0 Å². The smallest absolute Gasteiger partial charge is 0.224 e. The van der Waals surface area contributed by atoms with Gasteiger partial charge in [-0.15, -0.1) is 0 Å². The second-order valence-corrected chi connectivity index (χ2v) is 6.35. The molecule has 1 aliphatic heterocycles. The molecule has 0 radical (unpaired) electrons. The first-order valence-corrected chi connectivity index (χ1v) is 9.14. The molecule has 27 heavy (non-hydrogen) atoms. The molecule has 0 bridgehead atoms. The largest absolute Gasteiger partial charge is 0.457 e. The average Bonchev–Trinajstić information content (AvgIpc) is 3.23. The van der Waals surface area contributed by atoms with Crippen LogP contribution in [0.2, 0.25) is 0 Å². The Kier molecular flexibility index (Phi) is 5.45. The van der Waals surface area contributed by atoms with E-state index in [1.54, 1.807) is 6.20 Å². The molecule has 2 aromatic carbocycles. The molecule has 6 heteroatoms. The summed E-state index contributed by atoms with van der Waals surface area (Å²) in [5.74, 6) is 2.93. The second kappa shape index (κ2) is 8.51. The lowest BCUT2D eigenvalue weighted by molar-refractivity contribution is 0.120. The molecule has 1 atom stereocenters. The zero-order chi connectivity index (χ0) is 18.3. The van der Waals surface area contributed by atoms with Gasteiger partial charge in [-0.2, -0.15) is 4.98 Å². The summed E-state index contributed by atoms with van der Waals surface area (Å²) < 4.78 is 11.4. The summed E-state index contributed by atoms with van der Waals surface area (Å²) in [4.78, 5) is 8.76. The van der Waals surface area contributed by atoms with Crippen LogP contribution >= 0.6 is 0 Å². The minimum Gasteiger partial charge on any atom is -0.457 e. The van der Waals surface area contributed by atoms with Gasteiger partial charge in [0.05, 0.1) is 6.10 Å². The van der Waals surface area contributed by atoms with Gasteiger partial charge < -0.3 is 20.1 Å². The van der Waals surface area contributed by atoms with E-state index in [2.05, 4.69) is 20.6 Å². The SMILES string of the molecule is c1ccc(Oc2ccc(Nc3ccnc(NCC4CCCO4)n3)cc2)cc1. The Bertz CT molecular complexity index is 850. The van der Waals surface area contributed by atoms with Gasteiger partial charge in [0.25, 0.3) is 0 Å². The molecule has 2 heterocycles. The van der Waals surface area contributed by atoms with Crippen molar-refractivity contribution in [3.63, 3.8) is 0 Å². The highest BCUT2D eigenvalue weighted by Crippen LogP contribution is 2.24. The summed E-state index contributed by atoms with van der Waals surface area (Å²) in [5, 5.41) is 6.53. The molecule has 0 spiro atoms. The van der Waals surface area contributed by atoms with Crippen LogP contribution in [0.15, 0.2) is 66.9 Å². The maximum absolute atomic E-state index is 5.81. The Morgan fingerprint density at radius 1 is 1.00 bits per heavy atom. The number of nitrogens with one attached hydrogen (secondary N) is 2. The number of benzene rings is 2. The topological polar surface area (TPSA) is 68.3 Å². The molecule has 2 N–H and O–H groups in total. The van der Waals surface area contributed by atoms with Crippen LogP contribution < -0.4 is 15.4 Å². The molecule has 4 rings (SSSR count). The highest BCUT2D eigenvalue weighted by atomic mass is 16.5. The lowest BCUT2D eigenvalue weighted by atomic mass is 10.2. The Balaban J connectivity index is 1.35. The molecule has 1 aliphatic rings. The minimum absolute atomic E-state index is 0.252. The van der Waals surface area contributed by atoms with Crippen LogP contribution in [0.25, 0.3) is 0 Å². The number of hydrogen-bond donors (Lipinski definition) is 2. The van der Waals surface area contributed by atoms with Gasteiger partial charge in [0, 0.05) is 25.0 Å². The van der Waals surface area contributed by atoms with Crippen molar-refractivity contribution in [3.8, 4) is 11.5 Å². The molecule has 0 saturated carbocycles. The molecular weight excluding hydrogens is 340 g/mol. The zero-order valence-corrected chi connectivity index (χ0v) is 15.0. The summed E-state index contributed by atoms with van der Waals surface area (Å²) in [6.45, 7) is 1.58. The third-order valence-corrected chi connectivity index (χ3v) is 4.27. The van der Waals surface area contributed by atoms with Crippen LogP contribution in [0.5, 0.6) is 11.5 Å². The maximum Gasteiger partial charge on any atom is 0.224 e. The number of rotatable bonds is 7. The van der Waals surface area contributed by atoms with Gasteiger partial charge in [-0.25, -0.2) is 4.98 Å². The predicted molar refractivity (Wildman–Crippen MR) is 106 cm³/mol. The number of nitrogens with zero attached hydrogens (tertiary/aromatic N) is 2. The summed E-state index contributed by atoms with van der Waals surface area (Å²) in [6.07, 6.45) is 4.20. The minimum atomic E-state index is 0.252. The molecule has 1 saturated heterocycles. The Morgan fingerprint density at radius 2 is 1.81 bits per heavy atom. The van der Waals surface area contributed by atoms with E-state index < -0.39 is 0 Å². The molecule has 1 unspecified atom stereocenters. The highest BCUT2D eigenvalue weighted by molar-refractivity contribution is 5.58. The molecular formula is C21H22N4O2. The number of anilines is 3. The third kappa shape index (κ3) is 4.95. The lowest BCUT2D eigenvalue weighted by Crippen LogP contribution is -2.19. The molecule has 0 amide bonds. The number of para-hydroxylation sites is 1. The lowest BCUT2D eigenvalue weighted by Gasteiger charge is -2.12. The van der Waals surface area contributed by atoms with Gasteiger partial charge in [0.2, 0.25) is 5.95 Å². The van der Waals surface area contributed by atoms with Gasteiger partial charge in [-0.3, -0.25) is 0 Å². The summed E-state index contributed by atoms with van der Waals surface area (Å²) in [5.41, 5.74) is 0.930. The van der Waals surface area contributed by atoms with Crippen LogP contribution in [0.1, 0.15) is 12.8 Å². The fraction of sp³-hybridized carbons (Fsp3) is 0.238. The van der Waals surface area contributed by atoms with Crippen molar-refractivity contribution in [3.05, 3.63) is 66.9 Å². The number of aromatic nitrogens is 2. The van der Waals surface area contributed by atoms with Crippen molar-refractivity contribution in [2.75, 3.05) is 23.8 Å². The first-order valence-electron chi connectivity index (χ1n) is 9.14. The fourth-order valence-corrected chi connectivity index (χ4v) is 2.90. The average molecular weight is 362 g/mol. The first-order chi connectivity index (χ1) is 13.3. The molecule has 0 aliphatic carbocycles. The summed E-state index contributed by atoms with van der Waals surface area (Å²) in [7, 11) is 0. The van der Waals surface area contributed by atoms with E-state index in [-0.39, 0.29) is 6.10 Å². The van der Waals surface area contributed by atoms with Crippen LogP contribution in [0.4, 0.5) is 17.5 Å². The van der Waals surface area contributed by atoms with E-state index >= 15 is 0 Å². The quantitative estimate of drug-likeness (QED) is 0.640. The van der Waals surface area contributed by atoms with Gasteiger partial charge in [-0.1, -0.05) is 18.2 Å². The van der Waals surface area contributed by atoms with Crippen molar-refractivity contribution in [1.82, 2.24) is 9.97 Å². The predicted octanol–water partition coefficient (Wildman–Crippen LogP) is 4.60. The molecule has 1 aromatic heterocycles. The van der Waals surface area contributed by atoms with Crippen molar-refractivity contribution in [2.45, 2.75) is 18.9 Å². The molecule has 3 aromatic rings. The van der Waals surface area contributed by atoms with Crippen molar-refractivity contribution >= 4 is 17.5 Å². The zero-order valence-electron chi connectivity index (χ0n) is 15.0. The van der Waals surface area contributed by atoms with E-state index in [4.69, 9.17) is 9.47 Å². The Labute approximate surface area is 158 Å². The number of hydrogen-bond acceptors (Lipinski definition) is 6. The summed E-state index contributed by atoms with van der Waals surface area (Å²) in [6, 6.07) is 19.3. The summed E-state index contributed by atoms with van der Waals surface area (Å²) >= 11 is 0. The fourth-order valence-electron chi connectivity index (χ4n) is 2.90. The van der Waals surface area contributed by atoms with Gasteiger partial charge in [0.15, 0.2) is 0 Å². The van der Waals surface area contributed by atoms with E-state index in [0.717, 1.165) is 49.0 Å². The monoisotopic (exact) mass is 362 g/mol.